The molecule has 0 fully saturated rings. The SMILES string of the molecule is CC(Nc1ccc(C(N)=S)cc1Cl)c1ccco1. The van der Waals surface area contributed by atoms with E-state index in [9.17, 15) is 0 Å². The number of hydrogen-bond donors (Lipinski definition) is 2. The molecular formula is C13H13ClN2OS. The van der Waals surface area contributed by atoms with E-state index in [1.165, 1.54) is 0 Å². The minimum Gasteiger partial charge on any atom is -0.467 e. The molecule has 1 atom stereocenters. The molecule has 0 radical (unpaired) electrons. The van der Waals surface area contributed by atoms with Gasteiger partial charge in [-0.3, -0.25) is 0 Å². The Kier molecular flexibility index (Phi) is 3.89. The lowest BCUT2D eigenvalue weighted by Gasteiger charge is -2.14. The van der Waals surface area contributed by atoms with Crippen LogP contribution in [0.5, 0.6) is 0 Å². The predicted molar refractivity (Wildman–Crippen MR) is 78.1 cm³/mol. The molecule has 1 unspecified atom stereocenters. The van der Waals surface area contributed by atoms with Gasteiger partial charge in [0.05, 0.1) is 23.0 Å². The highest BCUT2D eigenvalue weighted by Crippen LogP contribution is 2.27. The van der Waals surface area contributed by atoms with Gasteiger partial charge in [-0.05, 0) is 37.3 Å². The number of anilines is 1. The fourth-order valence-corrected chi connectivity index (χ4v) is 1.99. The first-order valence-electron chi connectivity index (χ1n) is 5.47. The third-order valence-corrected chi connectivity index (χ3v) is 3.14. The highest BCUT2D eigenvalue weighted by atomic mass is 35.5. The van der Waals surface area contributed by atoms with Gasteiger partial charge in [0.25, 0.3) is 0 Å². The van der Waals surface area contributed by atoms with Crippen LogP contribution in [0.3, 0.4) is 0 Å². The Morgan fingerprint density at radius 2 is 2.22 bits per heavy atom. The summed E-state index contributed by atoms with van der Waals surface area (Å²) < 4.78 is 5.32. The van der Waals surface area contributed by atoms with E-state index in [2.05, 4.69) is 5.32 Å². The van der Waals surface area contributed by atoms with Crippen LogP contribution in [0.1, 0.15) is 24.3 Å². The Hall–Kier alpha value is -1.52. The average molecular weight is 281 g/mol. The van der Waals surface area contributed by atoms with E-state index in [0.717, 1.165) is 17.0 Å². The maximum Gasteiger partial charge on any atom is 0.125 e. The van der Waals surface area contributed by atoms with E-state index in [-0.39, 0.29) is 6.04 Å². The van der Waals surface area contributed by atoms with Crippen molar-refractivity contribution in [1.29, 1.82) is 0 Å². The van der Waals surface area contributed by atoms with Crippen molar-refractivity contribution in [3.8, 4) is 0 Å². The van der Waals surface area contributed by atoms with Gasteiger partial charge in [-0.1, -0.05) is 23.8 Å². The second-order valence-corrected chi connectivity index (χ2v) is 4.79. The van der Waals surface area contributed by atoms with E-state index in [4.69, 9.17) is 34.0 Å². The molecule has 0 aliphatic carbocycles. The maximum absolute atomic E-state index is 6.17. The molecule has 0 bridgehead atoms. The number of nitrogens with one attached hydrogen (secondary N) is 1. The van der Waals surface area contributed by atoms with Gasteiger partial charge in [0, 0.05) is 5.56 Å². The van der Waals surface area contributed by atoms with Gasteiger partial charge >= 0.3 is 0 Å². The summed E-state index contributed by atoms with van der Waals surface area (Å²) in [6.07, 6.45) is 1.64. The monoisotopic (exact) mass is 280 g/mol. The normalized spacial score (nSPS) is 12.1. The van der Waals surface area contributed by atoms with Crippen molar-refractivity contribution in [1.82, 2.24) is 0 Å². The van der Waals surface area contributed by atoms with Crippen molar-refractivity contribution in [3.05, 3.63) is 52.9 Å². The lowest BCUT2D eigenvalue weighted by Crippen LogP contribution is -2.10. The number of thiocarbonyl (C=S) groups is 1. The number of benzene rings is 1. The molecule has 1 aromatic carbocycles. The van der Waals surface area contributed by atoms with Crippen LogP contribution in [-0.4, -0.2) is 4.99 Å². The standard InChI is InChI=1S/C13H13ClN2OS/c1-8(12-3-2-6-17-12)16-11-5-4-9(13(15)18)7-10(11)14/h2-8,16H,1H3,(H2,15,18). The van der Waals surface area contributed by atoms with Crippen LogP contribution in [0.15, 0.2) is 41.0 Å². The molecule has 5 heteroatoms. The Bertz CT molecular complexity index is 554. The van der Waals surface area contributed by atoms with E-state index in [1.807, 2.05) is 31.2 Å². The van der Waals surface area contributed by atoms with E-state index >= 15 is 0 Å². The second-order valence-electron chi connectivity index (χ2n) is 3.94. The maximum atomic E-state index is 6.17. The molecule has 3 nitrogen and oxygen atoms in total. The first-order chi connectivity index (χ1) is 8.58. The Labute approximate surface area is 116 Å². The van der Waals surface area contributed by atoms with Crippen molar-refractivity contribution in [2.24, 2.45) is 5.73 Å². The van der Waals surface area contributed by atoms with Crippen molar-refractivity contribution >= 4 is 34.5 Å². The molecular weight excluding hydrogens is 268 g/mol. The van der Waals surface area contributed by atoms with Gasteiger partial charge in [-0.25, -0.2) is 0 Å². The molecule has 0 aliphatic heterocycles. The summed E-state index contributed by atoms with van der Waals surface area (Å²) in [5.74, 6) is 0.851. The van der Waals surface area contributed by atoms with Crippen molar-refractivity contribution in [3.63, 3.8) is 0 Å². The van der Waals surface area contributed by atoms with Crippen LogP contribution in [0, 0.1) is 0 Å². The fraction of sp³-hybridized carbons (Fsp3) is 0.154. The topological polar surface area (TPSA) is 51.2 Å². The lowest BCUT2D eigenvalue weighted by molar-refractivity contribution is 0.490. The Morgan fingerprint density at radius 3 is 2.78 bits per heavy atom. The number of nitrogens with two attached hydrogens (primary N) is 1. The first-order valence-corrected chi connectivity index (χ1v) is 6.26. The minimum absolute atomic E-state index is 0.0354. The van der Waals surface area contributed by atoms with Crippen molar-refractivity contribution < 1.29 is 4.42 Å². The van der Waals surface area contributed by atoms with Gasteiger partial charge in [0.15, 0.2) is 0 Å². The third kappa shape index (κ3) is 2.83. The quantitative estimate of drug-likeness (QED) is 0.838. The summed E-state index contributed by atoms with van der Waals surface area (Å²) in [6, 6.07) is 9.25. The molecule has 1 aromatic heterocycles. The van der Waals surface area contributed by atoms with E-state index in [0.29, 0.717) is 10.0 Å². The summed E-state index contributed by atoms with van der Waals surface area (Å²) >= 11 is 11.1. The smallest absolute Gasteiger partial charge is 0.125 e. The molecule has 18 heavy (non-hydrogen) atoms. The van der Waals surface area contributed by atoms with Gasteiger partial charge < -0.3 is 15.5 Å². The lowest BCUT2D eigenvalue weighted by atomic mass is 10.2. The molecule has 3 N–H and O–H groups in total. The zero-order valence-electron chi connectivity index (χ0n) is 9.81. The summed E-state index contributed by atoms with van der Waals surface area (Å²) in [4.78, 5) is 0.336. The zero-order chi connectivity index (χ0) is 13.1. The molecule has 0 amide bonds. The van der Waals surface area contributed by atoms with Gasteiger partial charge in [0.1, 0.15) is 10.7 Å². The molecule has 2 rings (SSSR count). The largest absolute Gasteiger partial charge is 0.467 e. The van der Waals surface area contributed by atoms with E-state index < -0.39 is 0 Å². The van der Waals surface area contributed by atoms with Gasteiger partial charge in [0.2, 0.25) is 0 Å². The summed E-state index contributed by atoms with van der Waals surface area (Å²) in [6.45, 7) is 2.00. The number of halogens is 1. The van der Waals surface area contributed by atoms with Gasteiger partial charge in [-0.15, -0.1) is 0 Å². The number of furan rings is 1. The molecule has 1 heterocycles. The molecule has 0 aliphatic rings. The highest BCUT2D eigenvalue weighted by molar-refractivity contribution is 7.80. The van der Waals surface area contributed by atoms with Gasteiger partial charge in [-0.2, -0.15) is 0 Å². The van der Waals surface area contributed by atoms with Crippen LogP contribution in [0.25, 0.3) is 0 Å². The van der Waals surface area contributed by atoms with E-state index in [1.54, 1.807) is 12.3 Å². The van der Waals surface area contributed by atoms with Crippen LogP contribution in [-0.2, 0) is 0 Å². The molecule has 0 saturated heterocycles. The molecule has 0 spiro atoms. The molecule has 0 saturated carbocycles. The summed E-state index contributed by atoms with van der Waals surface area (Å²) in [5, 5.41) is 3.85. The average Bonchev–Trinajstić information content (AvgIpc) is 2.85. The Balaban J connectivity index is 2.17. The molecule has 2 aromatic rings. The Morgan fingerprint density at radius 1 is 1.44 bits per heavy atom. The first kappa shape index (κ1) is 12.9. The fourth-order valence-electron chi connectivity index (χ4n) is 1.63. The number of rotatable bonds is 4. The molecule has 94 valence electrons. The number of hydrogen-bond acceptors (Lipinski definition) is 3. The highest BCUT2D eigenvalue weighted by Gasteiger charge is 2.10. The van der Waals surface area contributed by atoms with Crippen LogP contribution < -0.4 is 11.1 Å². The summed E-state index contributed by atoms with van der Waals surface area (Å²) in [7, 11) is 0. The minimum atomic E-state index is 0.0354. The van der Waals surface area contributed by atoms with Crippen molar-refractivity contribution in [2.75, 3.05) is 5.32 Å². The second kappa shape index (κ2) is 5.42. The van der Waals surface area contributed by atoms with Crippen LogP contribution >= 0.6 is 23.8 Å². The summed E-state index contributed by atoms with van der Waals surface area (Å²) in [5.41, 5.74) is 7.12. The predicted octanol–water partition coefficient (Wildman–Crippen LogP) is 3.74. The van der Waals surface area contributed by atoms with Crippen LogP contribution in [0.4, 0.5) is 5.69 Å². The van der Waals surface area contributed by atoms with Crippen LogP contribution in [0.2, 0.25) is 5.02 Å². The van der Waals surface area contributed by atoms with Crippen molar-refractivity contribution in [2.45, 2.75) is 13.0 Å². The zero-order valence-corrected chi connectivity index (χ0v) is 11.4. The third-order valence-electron chi connectivity index (χ3n) is 2.60.